The third-order valence-corrected chi connectivity index (χ3v) is 6.39. The van der Waals surface area contributed by atoms with Crippen molar-refractivity contribution >= 4 is 15.9 Å². The SMILES string of the molecule is CCC(=O)N1CCN(S(=O)(=O)c2cc3c(cc2C)OCCO3)CC1. The fourth-order valence-corrected chi connectivity index (χ4v) is 4.63. The van der Waals surface area contributed by atoms with E-state index in [-0.39, 0.29) is 10.8 Å². The number of sulfonamides is 1. The van der Waals surface area contributed by atoms with Gasteiger partial charge in [-0.2, -0.15) is 4.31 Å². The van der Waals surface area contributed by atoms with Crippen LogP contribution in [0.25, 0.3) is 0 Å². The van der Waals surface area contributed by atoms with E-state index in [4.69, 9.17) is 9.47 Å². The van der Waals surface area contributed by atoms with E-state index in [2.05, 4.69) is 0 Å². The highest BCUT2D eigenvalue weighted by Crippen LogP contribution is 2.35. The van der Waals surface area contributed by atoms with Crippen molar-refractivity contribution in [2.45, 2.75) is 25.2 Å². The number of piperazine rings is 1. The minimum atomic E-state index is -3.62. The summed E-state index contributed by atoms with van der Waals surface area (Å²) in [5, 5.41) is 0. The van der Waals surface area contributed by atoms with Crippen LogP contribution in [0.5, 0.6) is 11.5 Å². The fraction of sp³-hybridized carbons (Fsp3) is 0.562. The number of benzene rings is 1. The van der Waals surface area contributed by atoms with E-state index in [1.54, 1.807) is 24.0 Å². The number of hydrogen-bond donors (Lipinski definition) is 0. The van der Waals surface area contributed by atoms with Gasteiger partial charge in [0.1, 0.15) is 13.2 Å². The molecule has 0 aliphatic carbocycles. The standard InChI is InChI=1S/C16H22N2O5S/c1-3-16(19)17-4-6-18(7-5-17)24(20,21)15-11-14-13(10-12(15)2)22-8-9-23-14/h10-11H,3-9H2,1-2H3. The number of ether oxygens (including phenoxy) is 2. The molecule has 0 aromatic heterocycles. The Bertz CT molecular complexity index is 739. The largest absolute Gasteiger partial charge is 0.486 e. The molecule has 0 unspecified atom stereocenters. The van der Waals surface area contributed by atoms with Crippen LogP contribution in [0.4, 0.5) is 0 Å². The number of carbonyl (C=O) groups is 1. The zero-order valence-electron chi connectivity index (χ0n) is 13.9. The van der Waals surface area contributed by atoms with Crippen LogP contribution in [-0.4, -0.2) is 62.9 Å². The van der Waals surface area contributed by atoms with Gasteiger partial charge in [0.05, 0.1) is 4.90 Å². The second-order valence-corrected chi connectivity index (χ2v) is 7.81. The van der Waals surface area contributed by atoms with E-state index in [0.29, 0.717) is 62.9 Å². The molecule has 24 heavy (non-hydrogen) atoms. The lowest BCUT2D eigenvalue weighted by Crippen LogP contribution is -2.50. The molecule has 1 amide bonds. The lowest BCUT2D eigenvalue weighted by molar-refractivity contribution is -0.132. The highest BCUT2D eigenvalue weighted by atomic mass is 32.2. The van der Waals surface area contributed by atoms with Crippen molar-refractivity contribution in [1.29, 1.82) is 0 Å². The van der Waals surface area contributed by atoms with Crippen LogP contribution in [0.3, 0.4) is 0 Å². The van der Waals surface area contributed by atoms with Crippen molar-refractivity contribution in [2.24, 2.45) is 0 Å². The minimum Gasteiger partial charge on any atom is -0.486 e. The molecule has 2 heterocycles. The van der Waals surface area contributed by atoms with E-state index in [0.717, 1.165) is 0 Å². The first kappa shape index (κ1) is 17.0. The monoisotopic (exact) mass is 354 g/mol. The molecule has 1 aromatic carbocycles. The molecule has 0 spiro atoms. The van der Waals surface area contributed by atoms with Gasteiger partial charge in [0.25, 0.3) is 0 Å². The summed E-state index contributed by atoms with van der Waals surface area (Å²) in [6.07, 6.45) is 0.439. The molecule has 7 nitrogen and oxygen atoms in total. The number of rotatable bonds is 3. The van der Waals surface area contributed by atoms with Crippen LogP contribution < -0.4 is 9.47 Å². The van der Waals surface area contributed by atoms with Gasteiger partial charge in [0.2, 0.25) is 15.9 Å². The third kappa shape index (κ3) is 3.08. The summed E-state index contributed by atoms with van der Waals surface area (Å²) in [7, 11) is -3.62. The van der Waals surface area contributed by atoms with Gasteiger partial charge < -0.3 is 14.4 Å². The predicted octanol–water partition coefficient (Wildman–Crippen LogP) is 1.01. The maximum atomic E-state index is 13.0. The second kappa shape index (κ2) is 6.60. The molecule has 132 valence electrons. The maximum Gasteiger partial charge on any atom is 0.243 e. The molecule has 0 N–H and O–H groups in total. The number of amides is 1. The lowest BCUT2D eigenvalue weighted by Gasteiger charge is -2.34. The first-order chi connectivity index (χ1) is 11.4. The molecule has 0 bridgehead atoms. The Labute approximate surface area is 142 Å². The van der Waals surface area contributed by atoms with Gasteiger partial charge in [-0.1, -0.05) is 6.92 Å². The number of aryl methyl sites for hydroxylation is 1. The molecule has 0 saturated carbocycles. The fourth-order valence-electron chi connectivity index (χ4n) is 2.99. The summed E-state index contributed by atoms with van der Waals surface area (Å²) in [5.74, 6) is 1.10. The molecular formula is C16H22N2O5S. The van der Waals surface area contributed by atoms with E-state index in [1.807, 2.05) is 6.92 Å². The lowest BCUT2D eigenvalue weighted by atomic mass is 10.2. The van der Waals surface area contributed by atoms with E-state index < -0.39 is 10.0 Å². The second-order valence-electron chi connectivity index (χ2n) is 5.90. The molecule has 1 aromatic rings. The van der Waals surface area contributed by atoms with Crippen LogP contribution >= 0.6 is 0 Å². The van der Waals surface area contributed by atoms with Crippen LogP contribution in [0.15, 0.2) is 17.0 Å². The van der Waals surface area contributed by atoms with Gasteiger partial charge in [-0.05, 0) is 18.6 Å². The highest BCUT2D eigenvalue weighted by Gasteiger charge is 2.32. The molecule has 8 heteroatoms. The van der Waals surface area contributed by atoms with Crippen molar-refractivity contribution in [3.63, 3.8) is 0 Å². The Kier molecular flexibility index (Phi) is 4.69. The number of fused-ring (bicyclic) bond motifs is 1. The van der Waals surface area contributed by atoms with Crippen molar-refractivity contribution in [2.75, 3.05) is 39.4 Å². The first-order valence-electron chi connectivity index (χ1n) is 8.11. The average molecular weight is 354 g/mol. The average Bonchev–Trinajstić information content (AvgIpc) is 2.60. The Morgan fingerprint density at radius 3 is 2.25 bits per heavy atom. The van der Waals surface area contributed by atoms with E-state index in [9.17, 15) is 13.2 Å². The molecule has 2 aliphatic heterocycles. The topological polar surface area (TPSA) is 76.2 Å². The van der Waals surface area contributed by atoms with Crippen LogP contribution in [0.1, 0.15) is 18.9 Å². The van der Waals surface area contributed by atoms with Crippen molar-refractivity contribution in [1.82, 2.24) is 9.21 Å². The molecule has 0 atom stereocenters. The highest BCUT2D eigenvalue weighted by molar-refractivity contribution is 7.89. The maximum absolute atomic E-state index is 13.0. The van der Waals surface area contributed by atoms with Gasteiger partial charge in [-0.25, -0.2) is 8.42 Å². The Hall–Kier alpha value is -1.80. The molecule has 0 radical (unpaired) electrons. The first-order valence-corrected chi connectivity index (χ1v) is 9.55. The van der Waals surface area contributed by atoms with E-state index >= 15 is 0 Å². The molecule has 1 saturated heterocycles. The van der Waals surface area contributed by atoms with Crippen molar-refractivity contribution < 1.29 is 22.7 Å². The van der Waals surface area contributed by atoms with Gasteiger partial charge >= 0.3 is 0 Å². The summed E-state index contributed by atoms with van der Waals surface area (Å²) in [4.78, 5) is 13.7. The van der Waals surface area contributed by atoms with Gasteiger partial charge in [-0.15, -0.1) is 0 Å². The number of hydrogen-bond acceptors (Lipinski definition) is 5. The summed E-state index contributed by atoms with van der Waals surface area (Å²) in [6.45, 7) is 5.90. The zero-order chi connectivity index (χ0) is 17.3. The molecule has 1 fully saturated rings. The van der Waals surface area contributed by atoms with Crippen LogP contribution in [0, 0.1) is 6.92 Å². The molecule has 2 aliphatic rings. The van der Waals surface area contributed by atoms with Gasteiger partial charge in [0, 0.05) is 38.7 Å². The number of nitrogens with zero attached hydrogens (tertiary/aromatic N) is 2. The van der Waals surface area contributed by atoms with Gasteiger partial charge in [-0.3, -0.25) is 4.79 Å². The summed E-state index contributed by atoms with van der Waals surface area (Å²) in [6, 6.07) is 3.25. The Morgan fingerprint density at radius 1 is 1.08 bits per heavy atom. The van der Waals surface area contributed by atoms with E-state index in [1.165, 1.54) is 4.31 Å². The predicted molar refractivity (Wildman–Crippen MR) is 87.8 cm³/mol. The normalized spacial score (nSPS) is 18.5. The van der Waals surface area contributed by atoms with Crippen LogP contribution in [0.2, 0.25) is 0 Å². The van der Waals surface area contributed by atoms with Crippen molar-refractivity contribution in [3.05, 3.63) is 17.7 Å². The minimum absolute atomic E-state index is 0.0579. The summed E-state index contributed by atoms with van der Waals surface area (Å²) < 4.78 is 38.4. The van der Waals surface area contributed by atoms with Crippen molar-refractivity contribution in [3.8, 4) is 11.5 Å². The molecule has 3 rings (SSSR count). The summed E-state index contributed by atoms with van der Waals surface area (Å²) in [5.41, 5.74) is 0.631. The quantitative estimate of drug-likeness (QED) is 0.810. The Balaban J connectivity index is 1.83. The smallest absolute Gasteiger partial charge is 0.243 e. The molecular weight excluding hydrogens is 332 g/mol. The zero-order valence-corrected chi connectivity index (χ0v) is 14.8. The third-order valence-electron chi connectivity index (χ3n) is 4.35. The number of carbonyl (C=O) groups excluding carboxylic acids is 1. The summed E-state index contributed by atoms with van der Waals surface area (Å²) >= 11 is 0. The van der Waals surface area contributed by atoms with Crippen LogP contribution in [-0.2, 0) is 14.8 Å². The van der Waals surface area contributed by atoms with Gasteiger partial charge in [0.15, 0.2) is 11.5 Å². The Morgan fingerprint density at radius 2 is 1.67 bits per heavy atom.